The van der Waals surface area contributed by atoms with E-state index in [-0.39, 0.29) is 11.7 Å². The normalized spacial score (nSPS) is 20.0. The molecule has 0 unspecified atom stereocenters. The van der Waals surface area contributed by atoms with Crippen LogP contribution >= 0.6 is 0 Å². The Kier molecular flexibility index (Phi) is 8.55. The number of piperazine rings is 1. The number of hydrogen-bond donors (Lipinski definition) is 3. The van der Waals surface area contributed by atoms with E-state index < -0.39 is 5.91 Å². The van der Waals surface area contributed by atoms with E-state index in [4.69, 9.17) is 15.5 Å². The number of anilines is 5. The lowest BCUT2D eigenvalue weighted by Crippen LogP contribution is -2.49. The van der Waals surface area contributed by atoms with Crippen LogP contribution in [0.4, 0.5) is 28.8 Å². The van der Waals surface area contributed by atoms with Crippen molar-refractivity contribution in [2.24, 2.45) is 5.73 Å². The average molecular weight is 572 g/mol. The van der Waals surface area contributed by atoms with Crippen molar-refractivity contribution in [2.75, 3.05) is 66.8 Å². The number of nitrogens with zero attached hydrogens (tertiary/aromatic N) is 6. The van der Waals surface area contributed by atoms with Gasteiger partial charge in [0.15, 0.2) is 11.5 Å². The predicted molar refractivity (Wildman–Crippen MR) is 166 cm³/mol. The van der Waals surface area contributed by atoms with Gasteiger partial charge < -0.3 is 30.9 Å². The summed E-state index contributed by atoms with van der Waals surface area (Å²) >= 11 is 0. The summed E-state index contributed by atoms with van der Waals surface area (Å²) in [6.45, 7) is 5.84. The SMILES string of the molecule is COc1ccc(N[C@@H]2CCCN(c3nnc(C(N)=O)c(Nc4ccc(N5CCN(C6CCCC6)CC5)cc4)n3)C2)cc1. The van der Waals surface area contributed by atoms with Crippen molar-refractivity contribution in [3.8, 4) is 5.75 Å². The number of piperidine rings is 1. The fourth-order valence-corrected chi connectivity index (χ4v) is 6.41. The fourth-order valence-electron chi connectivity index (χ4n) is 6.41. The molecule has 4 N–H and O–H groups in total. The Hall–Kier alpha value is -4.12. The van der Waals surface area contributed by atoms with E-state index in [9.17, 15) is 4.79 Å². The standard InChI is InChI=1S/C31H41N9O2/c1-42-27-14-10-22(11-15-27)33-24-5-4-16-40(21-24)31-35-30(28(29(32)41)36-37-31)34-23-8-12-26(13-9-23)39-19-17-38(18-20-39)25-6-2-3-7-25/h8-15,24-25,33H,2-7,16-21H2,1H3,(H2,32,41)(H,34,35,37)/t24-/m1/s1. The first kappa shape index (κ1) is 28.0. The number of carbonyl (C=O) groups excluding carboxylic acids is 1. The van der Waals surface area contributed by atoms with Crippen molar-refractivity contribution >= 4 is 34.7 Å². The molecule has 1 aromatic heterocycles. The van der Waals surface area contributed by atoms with Gasteiger partial charge in [0.1, 0.15) is 5.75 Å². The number of ether oxygens (including phenoxy) is 1. The van der Waals surface area contributed by atoms with Gasteiger partial charge in [-0.3, -0.25) is 9.69 Å². The van der Waals surface area contributed by atoms with Crippen LogP contribution in [-0.2, 0) is 0 Å². The number of benzene rings is 2. The molecule has 6 rings (SSSR count). The molecule has 222 valence electrons. The number of primary amides is 1. The van der Waals surface area contributed by atoms with Crippen molar-refractivity contribution in [3.63, 3.8) is 0 Å². The Morgan fingerprint density at radius 2 is 1.57 bits per heavy atom. The molecule has 2 aromatic carbocycles. The first-order valence-electron chi connectivity index (χ1n) is 15.1. The van der Waals surface area contributed by atoms with Crippen LogP contribution in [0.1, 0.15) is 49.0 Å². The summed E-state index contributed by atoms with van der Waals surface area (Å²) in [7, 11) is 1.66. The quantitative estimate of drug-likeness (QED) is 0.349. The Balaban J connectivity index is 1.10. The van der Waals surface area contributed by atoms with Gasteiger partial charge in [0.05, 0.1) is 7.11 Å². The summed E-state index contributed by atoms with van der Waals surface area (Å²) in [6, 6.07) is 17.2. The molecule has 11 nitrogen and oxygen atoms in total. The summed E-state index contributed by atoms with van der Waals surface area (Å²) in [5, 5.41) is 15.3. The molecular weight excluding hydrogens is 530 g/mol. The van der Waals surface area contributed by atoms with Gasteiger partial charge in [0, 0.05) is 68.4 Å². The van der Waals surface area contributed by atoms with E-state index in [0.717, 1.165) is 68.7 Å². The number of hydrogen-bond acceptors (Lipinski definition) is 10. The Labute approximate surface area is 247 Å². The third-order valence-electron chi connectivity index (χ3n) is 8.72. The number of aromatic nitrogens is 3. The van der Waals surface area contributed by atoms with E-state index in [1.165, 1.54) is 31.4 Å². The number of amides is 1. The van der Waals surface area contributed by atoms with Gasteiger partial charge in [0.2, 0.25) is 5.95 Å². The predicted octanol–water partition coefficient (Wildman–Crippen LogP) is 3.87. The van der Waals surface area contributed by atoms with Crippen LogP contribution in [0, 0.1) is 0 Å². The highest BCUT2D eigenvalue weighted by Crippen LogP contribution is 2.28. The minimum absolute atomic E-state index is 0.0239. The Morgan fingerprint density at radius 1 is 0.857 bits per heavy atom. The van der Waals surface area contributed by atoms with Crippen LogP contribution in [0.5, 0.6) is 5.75 Å². The molecule has 0 radical (unpaired) electrons. The molecule has 3 fully saturated rings. The molecule has 1 amide bonds. The second kappa shape index (κ2) is 12.8. The van der Waals surface area contributed by atoms with Crippen molar-refractivity contribution in [1.82, 2.24) is 20.1 Å². The first-order valence-corrected chi connectivity index (χ1v) is 15.1. The van der Waals surface area contributed by atoms with Crippen LogP contribution in [0.15, 0.2) is 48.5 Å². The maximum atomic E-state index is 12.2. The van der Waals surface area contributed by atoms with E-state index in [1.807, 2.05) is 36.4 Å². The molecule has 1 atom stereocenters. The molecular formula is C31H41N9O2. The van der Waals surface area contributed by atoms with Gasteiger partial charge in [-0.2, -0.15) is 4.98 Å². The van der Waals surface area contributed by atoms with Gasteiger partial charge in [-0.25, -0.2) is 0 Å². The lowest BCUT2D eigenvalue weighted by Gasteiger charge is -2.39. The number of rotatable bonds is 9. The zero-order chi connectivity index (χ0) is 28.9. The Morgan fingerprint density at radius 3 is 2.26 bits per heavy atom. The largest absolute Gasteiger partial charge is 0.497 e. The van der Waals surface area contributed by atoms with Crippen molar-refractivity contribution in [1.29, 1.82) is 0 Å². The molecule has 2 aliphatic heterocycles. The van der Waals surface area contributed by atoms with Crippen molar-refractivity contribution in [3.05, 3.63) is 54.2 Å². The van der Waals surface area contributed by atoms with E-state index in [2.05, 4.69) is 47.7 Å². The highest BCUT2D eigenvalue weighted by Gasteiger charge is 2.27. The van der Waals surface area contributed by atoms with Gasteiger partial charge in [0.25, 0.3) is 5.91 Å². The maximum absolute atomic E-state index is 12.2. The molecule has 11 heteroatoms. The number of carbonyl (C=O) groups is 1. The topological polar surface area (TPSA) is 125 Å². The molecule has 2 saturated heterocycles. The monoisotopic (exact) mass is 571 g/mol. The minimum Gasteiger partial charge on any atom is -0.497 e. The lowest BCUT2D eigenvalue weighted by atomic mass is 10.1. The third kappa shape index (κ3) is 6.51. The summed E-state index contributed by atoms with van der Waals surface area (Å²) in [4.78, 5) is 24.1. The number of nitrogens with two attached hydrogens (primary N) is 1. The van der Waals surface area contributed by atoms with Gasteiger partial charge in [-0.05, 0) is 74.2 Å². The highest BCUT2D eigenvalue weighted by molar-refractivity contribution is 5.96. The van der Waals surface area contributed by atoms with Gasteiger partial charge in [-0.1, -0.05) is 12.8 Å². The molecule has 3 heterocycles. The second-order valence-electron chi connectivity index (χ2n) is 11.5. The summed E-state index contributed by atoms with van der Waals surface area (Å²) < 4.78 is 5.27. The van der Waals surface area contributed by atoms with Crippen LogP contribution < -0.4 is 30.9 Å². The van der Waals surface area contributed by atoms with Gasteiger partial charge in [-0.15, -0.1) is 10.2 Å². The molecule has 3 aromatic rings. The molecule has 42 heavy (non-hydrogen) atoms. The summed E-state index contributed by atoms with van der Waals surface area (Å²) in [6.07, 6.45) is 7.47. The highest BCUT2D eigenvalue weighted by atomic mass is 16.5. The first-order chi connectivity index (χ1) is 20.6. The number of methoxy groups -OCH3 is 1. The lowest BCUT2D eigenvalue weighted by molar-refractivity contribution is 0.0995. The second-order valence-corrected chi connectivity index (χ2v) is 11.5. The smallest absolute Gasteiger partial charge is 0.273 e. The van der Waals surface area contributed by atoms with Gasteiger partial charge >= 0.3 is 0 Å². The van der Waals surface area contributed by atoms with Crippen LogP contribution in [0.3, 0.4) is 0 Å². The van der Waals surface area contributed by atoms with Crippen molar-refractivity contribution < 1.29 is 9.53 Å². The van der Waals surface area contributed by atoms with Crippen LogP contribution in [0.2, 0.25) is 0 Å². The molecule has 0 bridgehead atoms. The van der Waals surface area contributed by atoms with E-state index in [1.54, 1.807) is 7.11 Å². The minimum atomic E-state index is -0.668. The zero-order valence-electron chi connectivity index (χ0n) is 24.3. The maximum Gasteiger partial charge on any atom is 0.273 e. The zero-order valence-corrected chi connectivity index (χ0v) is 24.3. The van der Waals surface area contributed by atoms with Crippen LogP contribution in [-0.4, -0.2) is 84.5 Å². The summed E-state index contributed by atoms with van der Waals surface area (Å²) in [5.41, 5.74) is 8.71. The average Bonchev–Trinajstić information content (AvgIpc) is 3.57. The summed E-state index contributed by atoms with van der Waals surface area (Å²) in [5.74, 6) is 0.946. The third-order valence-corrected chi connectivity index (χ3v) is 8.72. The fraction of sp³-hybridized carbons (Fsp3) is 0.484. The Bertz CT molecular complexity index is 1340. The molecule has 1 aliphatic carbocycles. The van der Waals surface area contributed by atoms with Crippen LogP contribution in [0.25, 0.3) is 0 Å². The molecule has 1 saturated carbocycles. The van der Waals surface area contributed by atoms with Crippen molar-refractivity contribution in [2.45, 2.75) is 50.6 Å². The molecule has 0 spiro atoms. The van der Waals surface area contributed by atoms with E-state index >= 15 is 0 Å². The number of nitrogens with one attached hydrogen (secondary N) is 2. The van der Waals surface area contributed by atoms with E-state index in [0.29, 0.717) is 18.3 Å². The molecule has 3 aliphatic rings.